The first-order valence-corrected chi connectivity index (χ1v) is 5.15. The lowest BCUT2D eigenvalue weighted by molar-refractivity contribution is -0.134. The molecular formula is C12H15FO3. The fourth-order valence-electron chi connectivity index (χ4n) is 1.28. The molecular weight excluding hydrogens is 211 g/mol. The van der Waals surface area contributed by atoms with Crippen LogP contribution in [0.5, 0.6) is 5.75 Å². The Labute approximate surface area is 93.9 Å². The van der Waals surface area contributed by atoms with Crippen LogP contribution in [0.25, 0.3) is 0 Å². The normalized spacial score (nSPS) is 14.2. The van der Waals surface area contributed by atoms with E-state index in [0.29, 0.717) is 5.75 Å². The summed E-state index contributed by atoms with van der Waals surface area (Å²) in [6.07, 6.45) is -0.766. The van der Waals surface area contributed by atoms with E-state index in [1.807, 2.05) is 18.2 Å². The monoisotopic (exact) mass is 226 g/mol. The number of rotatable bonds is 6. The van der Waals surface area contributed by atoms with Gasteiger partial charge in [0.25, 0.3) is 0 Å². The molecule has 1 aromatic carbocycles. The Morgan fingerprint density at radius 3 is 2.62 bits per heavy atom. The van der Waals surface area contributed by atoms with E-state index < -0.39 is 18.1 Å². The Balaban J connectivity index is 2.30. The van der Waals surface area contributed by atoms with Crippen LogP contribution in [0.3, 0.4) is 0 Å². The summed E-state index contributed by atoms with van der Waals surface area (Å²) >= 11 is 0. The van der Waals surface area contributed by atoms with Crippen LogP contribution in [-0.2, 0) is 4.79 Å². The van der Waals surface area contributed by atoms with E-state index in [9.17, 15) is 14.3 Å². The molecule has 0 radical (unpaired) electrons. The van der Waals surface area contributed by atoms with Crippen molar-refractivity contribution in [2.45, 2.75) is 19.4 Å². The fourth-order valence-corrected chi connectivity index (χ4v) is 1.28. The minimum Gasteiger partial charge on any atom is -0.491 e. The number of benzene rings is 1. The molecule has 0 aliphatic heterocycles. The molecule has 0 spiro atoms. The second-order valence-electron chi connectivity index (χ2n) is 3.72. The van der Waals surface area contributed by atoms with Crippen molar-refractivity contribution in [3.8, 4) is 5.75 Å². The van der Waals surface area contributed by atoms with Gasteiger partial charge in [0.1, 0.15) is 12.4 Å². The van der Waals surface area contributed by atoms with Crippen LogP contribution in [0.4, 0.5) is 4.39 Å². The van der Waals surface area contributed by atoms with E-state index in [-0.39, 0.29) is 13.0 Å². The van der Waals surface area contributed by atoms with Gasteiger partial charge in [0, 0.05) is 5.92 Å². The van der Waals surface area contributed by atoms with Crippen molar-refractivity contribution in [3.63, 3.8) is 0 Å². The summed E-state index contributed by atoms with van der Waals surface area (Å²) in [5.74, 6) is -0.143. The molecule has 16 heavy (non-hydrogen) atoms. The molecule has 0 amide bonds. The van der Waals surface area contributed by atoms with Gasteiger partial charge in [-0.1, -0.05) is 25.1 Å². The van der Waals surface area contributed by atoms with Crippen LogP contribution < -0.4 is 4.74 Å². The Bertz CT molecular complexity index is 326. The van der Waals surface area contributed by atoms with Gasteiger partial charge < -0.3 is 9.84 Å². The smallest absolute Gasteiger partial charge is 0.304 e. The van der Waals surface area contributed by atoms with Crippen LogP contribution in [0, 0.1) is 5.92 Å². The Morgan fingerprint density at radius 2 is 2.06 bits per heavy atom. The van der Waals surface area contributed by atoms with Gasteiger partial charge in [-0.15, -0.1) is 0 Å². The van der Waals surface area contributed by atoms with Gasteiger partial charge >= 0.3 is 6.04 Å². The van der Waals surface area contributed by atoms with Crippen LogP contribution >= 0.6 is 0 Å². The molecule has 2 unspecified atom stereocenters. The molecule has 0 aliphatic rings. The molecule has 88 valence electrons. The van der Waals surface area contributed by atoms with E-state index in [4.69, 9.17) is 4.74 Å². The third-order valence-corrected chi connectivity index (χ3v) is 2.20. The maximum atomic E-state index is 12.2. The largest absolute Gasteiger partial charge is 0.491 e. The summed E-state index contributed by atoms with van der Waals surface area (Å²) in [4.78, 5) is 10.3. The first-order chi connectivity index (χ1) is 7.59. The summed E-state index contributed by atoms with van der Waals surface area (Å²) in [5.41, 5.74) is 0. The Hall–Kier alpha value is -1.42. The predicted molar refractivity (Wildman–Crippen MR) is 57.8 cm³/mol. The van der Waals surface area contributed by atoms with Gasteiger partial charge in [-0.25, -0.2) is 0 Å². The maximum absolute atomic E-state index is 12.2. The quantitative estimate of drug-likeness (QED) is 0.754. The predicted octanol–water partition coefficient (Wildman–Crippen LogP) is 1.95. The second kappa shape index (κ2) is 6.23. The average Bonchev–Trinajstić information content (AvgIpc) is 2.27. The molecule has 1 N–H and O–H groups in total. The molecule has 4 heteroatoms. The molecule has 0 saturated carbocycles. The summed E-state index contributed by atoms with van der Waals surface area (Å²) in [6, 6.07) is 7.60. The summed E-state index contributed by atoms with van der Waals surface area (Å²) < 4.78 is 17.5. The number of carbonyl (C=O) groups is 1. The Kier molecular flexibility index (Phi) is 4.92. The highest BCUT2D eigenvalue weighted by atomic mass is 19.1. The van der Waals surface area contributed by atoms with E-state index in [0.717, 1.165) is 0 Å². The maximum Gasteiger partial charge on any atom is 0.304 e. The number of ether oxygens (including phenoxy) is 1. The molecule has 2 atom stereocenters. The van der Waals surface area contributed by atoms with E-state index in [2.05, 4.69) is 0 Å². The third kappa shape index (κ3) is 4.40. The molecule has 0 heterocycles. The lowest BCUT2D eigenvalue weighted by atomic mass is 10.1. The van der Waals surface area contributed by atoms with Gasteiger partial charge in [-0.3, -0.25) is 4.79 Å². The van der Waals surface area contributed by atoms with E-state index >= 15 is 0 Å². The number of aliphatic hydroxyl groups excluding tert-OH is 1. The summed E-state index contributed by atoms with van der Waals surface area (Å²) in [5, 5.41) is 9.49. The number of hydrogen-bond donors (Lipinski definition) is 1. The van der Waals surface area contributed by atoms with Crippen molar-refractivity contribution in [2.75, 3.05) is 6.61 Å². The zero-order valence-electron chi connectivity index (χ0n) is 9.10. The molecule has 1 aromatic rings. The van der Waals surface area contributed by atoms with Gasteiger partial charge in [-0.05, 0) is 18.6 Å². The number of para-hydroxylation sites is 1. The molecule has 1 rings (SSSR count). The molecule has 3 nitrogen and oxygen atoms in total. The SMILES string of the molecule is CC(CC(O)COc1ccccc1)C(=O)F. The lowest BCUT2D eigenvalue weighted by Gasteiger charge is -2.13. The van der Waals surface area contributed by atoms with Gasteiger partial charge in [-0.2, -0.15) is 4.39 Å². The van der Waals surface area contributed by atoms with Crippen LogP contribution in [0.15, 0.2) is 30.3 Å². The van der Waals surface area contributed by atoms with Crippen molar-refractivity contribution in [3.05, 3.63) is 30.3 Å². The first-order valence-electron chi connectivity index (χ1n) is 5.15. The van der Waals surface area contributed by atoms with Crippen molar-refractivity contribution in [1.82, 2.24) is 0 Å². The number of halogens is 1. The zero-order valence-corrected chi connectivity index (χ0v) is 9.10. The highest BCUT2D eigenvalue weighted by Crippen LogP contribution is 2.12. The average molecular weight is 226 g/mol. The fraction of sp³-hybridized carbons (Fsp3) is 0.417. The van der Waals surface area contributed by atoms with Crippen molar-refractivity contribution >= 4 is 6.04 Å². The lowest BCUT2D eigenvalue weighted by Crippen LogP contribution is -2.22. The highest BCUT2D eigenvalue weighted by Gasteiger charge is 2.17. The van der Waals surface area contributed by atoms with Gasteiger partial charge in [0.05, 0.1) is 6.10 Å². The second-order valence-corrected chi connectivity index (χ2v) is 3.72. The number of aliphatic hydroxyl groups is 1. The van der Waals surface area contributed by atoms with Crippen LogP contribution in [-0.4, -0.2) is 23.9 Å². The molecule has 0 fully saturated rings. The van der Waals surface area contributed by atoms with E-state index in [1.165, 1.54) is 6.92 Å². The molecule has 0 saturated heterocycles. The molecule has 0 aliphatic carbocycles. The van der Waals surface area contributed by atoms with Gasteiger partial charge in [0.15, 0.2) is 0 Å². The summed E-state index contributed by atoms with van der Waals surface area (Å²) in [6.45, 7) is 1.50. The number of hydrogen-bond acceptors (Lipinski definition) is 3. The first kappa shape index (κ1) is 12.6. The summed E-state index contributed by atoms with van der Waals surface area (Å²) in [7, 11) is 0. The van der Waals surface area contributed by atoms with Gasteiger partial charge in [0.2, 0.25) is 0 Å². The minimum atomic E-state index is -1.40. The van der Waals surface area contributed by atoms with Crippen molar-refractivity contribution < 1.29 is 19.0 Å². The highest BCUT2D eigenvalue weighted by molar-refractivity contribution is 5.70. The molecule has 0 bridgehead atoms. The number of carbonyl (C=O) groups excluding carboxylic acids is 1. The Morgan fingerprint density at radius 1 is 1.44 bits per heavy atom. The standard InChI is InChI=1S/C12H15FO3/c1-9(12(13)15)7-10(14)8-16-11-5-3-2-4-6-11/h2-6,9-10,14H,7-8H2,1H3. The van der Waals surface area contributed by atoms with Crippen LogP contribution in [0.2, 0.25) is 0 Å². The zero-order chi connectivity index (χ0) is 12.0. The van der Waals surface area contributed by atoms with Crippen LogP contribution in [0.1, 0.15) is 13.3 Å². The minimum absolute atomic E-state index is 0.0572. The van der Waals surface area contributed by atoms with Crippen molar-refractivity contribution in [2.24, 2.45) is 5.92 Å². The van der Waals surface area contributed by atoms with Crippen molar-refractivity contribution in [1.29, 1.82) is 0 Å². The topological polar surface area (TPSA) is 46.5 Å². The van der Waals surface area contributed by atoms with E-state index in [1.54, 1.807) is 12.1 Å². The molecule has 0 aromatic heterocycles. The third-order valence-electron chi connectivity index (χ3n) is 2.20.